The lowest BCUT2D eigenvalue weighted by Crippen LogP contribution is -2.40. The first-order chi connectivity index (χ1) is 23.3. The highest BCUT2D eigenvalue weighted by atomic mass is 35.5. The number of imidazole rings is 1. The summed E-state index contributed by atoms with van der Waals surface area (Å²) in [6.07, 6.45) is 1.63. The SMILES string of the molecule is COc1cc(C(C)(C)c2cnc(SCc3c(F)cc(S(=O)(=O)N(CCC[N+](C)(C)C)CCC(=O)[O-])cc3Cl)n2-c2ccc(F)cc2)ccc1Cl. The minimum atomic E-state index is -4.30. The van der Waals surface area contributed by atoms with Crippen LogP contribution >= 0.6 is 35.0 Å². The number of rotatable bonds is 16. The number of quaternary nitrogens is 1. The van der Waals surface area contributed by atoms with E-state index in [9.17, 15) is 22.7 Å². The molecule has 0 spiro atoms. The molecule has 0 unspecified atom stereocenters. The van der Waals surface area contributed by atoms with Gasteiger partial charge in [-0.2, -0.15) is 4.31 Å². The van der Waals surface area contributed by atoms with Gasteiger partial charge in [-0.15, -0.1) is 0 Å². The van der Waals surface area contributed by atoms with Crippen LogP contribution in [0.25, 0.3) is 5.69 Å². The Morgan fingerprint density at radius 2 is 1.72 bits per heavy atom. The van der Waals surface area contributed by atoms with Crippen LogP contribution in [0.4, 0.5) is 8.78 Å². The number of carboxylic acid groups (broad SMARTS) is 1. The number of benzene rings is 3. The third kappa shape index (κ3) is 9.36. The van der Waals surface area contributed by atoms with Crippen LogP contribution in [0, 0.1) is 11.6 Å². The topological polar surface area (TPSA) is 105 Å². The summed E-state index contributed by atoms with van der Waals surface area (Å²) >= 11 is 14.0. The minimum Gasteiger partial charge on any atom is -0.550 e. The summed E-state index contributed by atoms with van der Waals surface area (Å²) in [5.41, 5.74) is 1.62. The number of carbonyl (C=O) groups is 1. The molecule has 270 valence electrons. The number of ether oxygens (including phenoxy) is 1. The van der Waals surface area contributed by atoms with Crippen molar-refractivity contribution in [3.63, 3.8) is 0 Å². The minimum absolute atomic E-state index is 0.0181. The van der Waals surface area contributed by atoms with Crippen LogP contribution in [0.3, 0.4) is 0 Å². The van der Waals surface area contributed by atoms with E-state index in [1.165, 1.54) is 37.1 Å². The van der Waals surface area contributed by atoms with Crippen LogP contribution in [-0.2, 0) is 26.0 Å². The molecule has 15 heteroatoms. The number of aliphatic carboxylic acids is 1. The molecule has 1 aromatic heterocycles. The summed E-state index contributed by atoms with van der Waals surface area (Å²) in [6, 6.07) is 13.4. The Kier molecular flexibility index (Phi) is 12.7. The average molecular weight is 770 g/mol. The second kappa shape index (κ2) is 16.0. The number of hydrogen-bond donors (Lipinski definition) is 0. The largest absolute Gasteiger partial charge is 0.550 e. The van der Waals surface area contributed by atoms with Gasteiger partial charge in [0, 0.05) is 59.3 Å². The zero-order valence-electron chi connectivity index (χ0n) is 28.7. The Hall–Kier alpha value is -3.20. The maximum atomic E-state index is 15.7. The Labute approximate surface area is 306 Å². The van der Waals surface area contributed by atoms with E-state index in [1.54, 1.807) is 24.4 Å². The van der Waals surface area contributed by atoms with Gasteiger partial charge in [0.2, 0.25) is 10.0 Å². The van der Waals surface area contributed by atoms with Crippen LogP contribution in [0.15, 0.2) is 70.8 Å². The van der Waals surface area contributed by atoms with Crippen molar-refractivity contribution in [3.8, 4) is 11.4 Å². The van der Waals surface area contributed by atoms with Crippen LogP contribution in [-0.4, -0.2) is 80.6 Å². The molecule has 50 heavy (non-hydrogen) atoms. The zero-order chi connectivity index (χ0) is 37.0. The number of carboxylic acids is 1. The van der Waals surface area contributed by atoms with Gasteiger partial charge in [0.05, 0.1) is 56.6 Å². The number of thioether (sulfide) groups is 1. The third-order valence-electron chi connectivity index (χ3n) is 8.23. The zero-order valence-corrected chi connectivity index (χ0v) is 31.8. The standard InChI is InChI=1S/C35H40Cl2F2N4O5S2/c1-35(2,23-8-13-28(36)31(18-23)48-6)32-21-40-34(42(32)25-11-9-24(38)10-12-25)49-22-27-29(37)19-26(20-30(27)39)50(46,47)41(16-14-33(44)45)15-7-17-43(3,4)5/h8-13,18-21H,7,14-17,22H2,1-6H3. The number of nitrogens with zero attached hydrogens (tertiary/aromatic N) is 4. The molecule has 0 amide bonds. The van der Waals surface area contributed by atoms with Crippen LogP contribution in [0.5, 0.6) is 5.75 Å². The molecule has 0 radical (unpaired) electrons. The predicted octanol–water partition coefficient (Wildman–Crippen LogP) is 6.31. The molecule has 0 aliphatic rings. The van der Waals surface area contributed by atoms with Gasteiger partial charge < -0.3 is 19.1 Å². The smallest absolute Gasteiger partial charge is 0.243 e. The summed E-state index contributed by atoms with van der Waals surface area (Å²) in [5, 5.41) is 12.0. The highest BCUT2D eigenvalue weighted by Crippen LogP contribution is 2.40. The summed E-state index contributed by atoms with van der Waals surface area (Å²) in [7, 11) is 3.10. The lowest BCUT2D eigenvalue weighted by atomic mass is 9.81. The third-order valence-corrected chi connectivity index (χ3v) is 11.7. The molecule has 0 saturated heterocycles. The summed E-state index contributed by atoms with van der Waals surface area (Å²) < 4.78 is 65.8. The van der Waals surface area contributed by atoms with Gasteiger partial charge in [0.25, 0.3) is 0 Å². The van der Waals surface area contributed by atoms with E-state index < -0.39 is 39.5 Å². The van der Waals surface area contributed by atoms with E-state index in [0.717, 1.165) is 21.6 Å². The van der Waals surface area contributed by atoms with E-state index in [2.05, 4.69) is 4.98 Å². The molecule has 0 N–H and O–H groups in total. The summed E-state index contributed by atoms with van der Waals surface area (Å²) in [5.74, 6) is -2.17. The second-order valence-electron chi connectivity index (χ2n) is 13.3. The molecule has 9 nitrogen and oxygen atoms in total. The average Bonchev–Trinajstić information content (AvgIpc) is 3.46. The fourth-order valence-electron chi connectivity index (χ4n) is 5.36. The molecule has 0 bridgehead atoms. The second-order valence-corrected chi connectivity index (χ2v) is 17.0. The molecular weight excluding hydrogens is 729 g/mol. The summed E-state index contributed by atoms with van der Waals surface area (Å²) in [6.45, 7) is 4.33. The van der Waals surface area contributed by atoms with Gasteiger partial charge in [0.1, 0.15) is 17.4 Å². The van der Waals surface area contributed by atoms with Crippen LogP contribution < -0.4 is 9.84 Å². The van der Waals surface area contributed by atoms with Gasteiger partial charge in [-0.25, -0.2) is 22.2 Å². The highest BCUT2D eigenvalue weighted by Gasteiger charge is 2.31. The first kappa shape index (κ1) is 39.6. The van der Waals surface area contributed by atoms with E-state index in [1.807, 2.05) is 51.7 Å². The van der Waals surface area contributed by atoms with Gasteiger partial charge in [-0.1, -0.05) is 54.9 Å². The van der Waals surface area contributed by atoms with Crippen molar-refractivity contribution < 1.29 is 36.3 Å². The lowest BCUT2D eigenvalue weighted by Gasteiger charge is -2.28. The molecule has 0 fully saturated rings. The number of halogens is 4. The molecule has 3 aromatic carbocycles. The maximum absolute atomic E-state index is 15.7. The van der Waals surface area contributed by atoms with Crippen molar-refractivity contribution >= 4 is 51.0 Å². The number of aromatic nitrogens is 2. The predicted molar refractivity (Wildman–Crippen MR) is 191 cm³/mol. The molecule has 4 rings (SSSR count). The molecular formula is C35H40Cl2F2N4O5S2. The fourth-order valence-corrected chi connectivity index (χ4v) is 8.51. The monoisotopic (exact) mass is 768 g/mol. The normalized spacial score (nSPS) is 12.5. The van der Waals surface area contributed by atoms with Crippen molar-refractivity contribution in [2.45, 2.75) is 47.9 Å². The Morgan fingerprint density at radius 3 is 2.32 bits per heavy atom. The van der Waals surface area contributed by atoms with E-state index in [-0.39, 0.29) is 34.3 Å². The highest BCUT2D eigenvalue weighted by molar-refractivity contribution is 7.98. The Bertz CT molecular complexity index is 1930. The lowest BCUT2D eigenvalue weighted by molar-refractivity contribution is -0.870. The molecule has 4 aromatic rings. The van der Waals surface area contributed by atoms with E-state index in [4.69, 9.17) is 27.9 Å². The maximum Gasteiger partial charge on any atom is 0.243 e. The van der Waals surface area contributed by atoms with E-state index >= 15 is 4.39 Å². The van der Waals surface area contributed by atoms with Crippen LogP contribution in [0.1, 0.15) is 43.5 Å². The van der Waals surface area contributed by atoms with Gasteiger partial charge in [-0.3, -0.25) is 4.57 Å². The van der Waals surface area contributed by atoms with Crippen molar-refractivity contribution in [2.24, 2.45) is 0 Å². The Morgan fingerprint density at radius 1 is 1.04 bits per heavy atom. The number of methoxy groups -OCH3 is 1. The van der Waals surface area contributed by atoms with Crippen LogP contribution in [0.2, 0.25) is 10.0 Å². The number of hydrogen-bond acceptors (Lipinski definition) is 7. The van der Waals surface area contributed by atoms with E-state index in [0.29, 0.717) is 39.1 Å². The Balaban J connectivity index is 1.67. The van der Waals surface area contributed by atoms with Crippen molar-refractivity contribution in [1.82, 2.24) is 13.9 Å². The van der Waals surface area contributed by atoms with Crippen molar-refractivity contribution in [1.29, 1.82) is 0 Å². The first-order valence-electron chi connectivity index (χ1n) is 15.6. The van der Waals surface area contributed by atoms with Gasteiger partial charge in [0.15, 0.2) is 5.16 Å². The van der Waals surface area contributed by atoms with Gasteiger partial charge in [-0.05, 0) is 54.1 Å². The van der Waals surface area contributed by atoms with Crippen molar-refractivity contribution in [2.75, 3.05) is 47.9 Å². The molecule has 1 heterocycles. The molecule has 0 aliphatic carbocycles. The molecule has 0 aliphatic heterocycles. The van der Waals surface area contributed by atoms with Gasteiger partial charge >= 0.3 is 0 Å². The van der Waals surface area contributed by atoms with Crippen molar-refractivity contribution in [3.05, 3.63) is 99.3 Å². The number of carbonyl (C=O) groups excluding carboxylic acids is 1. The first-order valence-corrected chi connectivity index (χ1v) is 18.8. The fraction of sp³-hybridized carbons (Fsp3) is 0.371. The molecule has 0 atom stereocenters. The quantitative estimate of drug-likeness (QED) is 0.0973. The summed E-state index contributed by atoms with van der Waals surface area (Å²) in [4.78, 5) is 15.5. The molecule has 0 saturated carbocycles. The number of sulfonamides is 1.